The maximum Gasteiger partial charge on any atom is 0.129 e. The van der Waals surface area contributed by atoms with Gasteiger partial charge in [-0.2, -0.15) is 11.3 Å². The summed E-state index contributed by atoms with van der Waals surface area (Å²) >= 11 is 7.45. The summed E-state index contributed by atoms with van der Waals surface area (Å²) in [6, 6.07) is 5.97. The van der Waals surface area contributed by atoms with Crippen molar-refractivity contribution in [2.75, 3.05) is 6.54 Å². The van der Waals surface area contributed by atoms with Gasteiger partial charge < -0.3 is 5.32 Å². The van der Waals surface area contributed by atoms with E-state index in [2.05, 4.69) is 27.1 Å². The normalized spacial score (nSPS) is 10.6. The monoisotopic (exact) mass is 252 g/mol. The number of hydrogen-bond donors (Lipinski definition) is 1. The zero-order valence-corrected chi connectivity index (χ0v) is 10.4. The van der Waals surface area contributed by atoms with Crippen LogP contribution in [0.25, 0.3) is 0 Å². The minimum atomic E-state index is 0.544. The minimum absolute atomic E-state index is 0.544. The smallest absolute Gasteiger partial charge is 0.129 e. The Bertz CT molecular complexity index is 411. The van der Waals surface area contributed by atoms with Crippen LogP contribution in [0, 0.1) is 0 Å². The first-order valence-corrected chi connectivity index (χ1v) is 6.49. The Labute approximate surface area is 104 Å². The number of aromatic nitrogens is 1. The minimum Gasteiger partial charge on any atom is -0.312 e. The van der Waals surface area contributed by atoms with Crippen molar-refractivity contribution in [2.45, 2.75) is 13.0 Å². The highest BCUT2D eigenvalue weighted by molar-refractivity contribution is 7.07. The van der Waals surface area contributed by atoms with Crippen LogP contribution in [0.4, 0.5) is 0 Å². The van der Waals surface area contributed by atoms with Gasteiger partial charge in [0, 0.05) is 12.7 Å². The fraction of sp³-hybridized carbons (Fsp3) is 0.250. The fourth-order valence-electron chi connectivity index (χ4n) is 1.41. The zero-order valence-electron chi connectivity index (χ0n) is 8.82. The lowest BCUT2D eigenvalue weighted by molar-refractivity contribution is 0.686. The van der Waals surface area contributed by atoms with Crippen LogP contribution in [0.15, 0.2) is 35.2 Å². The number of nitrogens with one attached hydrogen (secondary N) is 1. The molecule has 0 amide bonds. The van der Waals surface area contributed by atoms with Crippen molar-refractivity contribution in [2.24, 2.45) is 0 Å². The Hall–Kier alpha value is -0.900. The van der Waals surface area contributed by atoms with Crippen molar-refractivity contribution in [3.8, 4) is 0 Å². The molecule has 84 valence electrons. The first-order valence-electron chi connectivity index (χ1n) is 5.17. The molecule has 0 radical (unpaired) electrons. The van der Waals surface area contributed by atoms with E-state index >= 15 is 0 Å². The van der Waals surface area contributed by atoms with Gasteiger partial charge in [0.25, 0.3) is 0 Å². The van der Waals surface area contributed by atoms with Crippen LogP contribution in [0.3, 0.4) is 0 Å². The number of halogens is 1. The van der Waals surface area contributed by atoms with Crippen LogP contribution in [0.1, 0.15) is 11.1 Å². The van der Waals surface area contributed by atoms with E-state index in [0.29, 0.717) is 5.15 Å². The first-order chi connectivity index (χ1) is 7.84. The van der Waals surface area contributed by atoms with Gasteiger partial charge in [0.05, 0.1) is 0 Å². The van der Waals surface area contributed by atoms with Gasteiger partial charge in [-0.25, -0.2) is 4.98 Å². The van der Waals surface area contributed by atoms with Gasteiger partial charge in [-0.1, -0.05) is 17.7 Å². The second-order valence-corrected chi connectivity index (χ2v) is 4.71. The predicted molar refractivity (Wildman–Crippen MR) is 69.0 cm³/mol. The third-order valence-electron chi connectivity index (χ3n) is 2.29. The fourth-order valence-corrected chi connectivity index (χ4v) is 2.23. The van der Waals surface area contributed by atoms with Crippen molar-refractivity contribution >= 4 is 22.9 Å². The van der Waals surface area contributed by atoms with Crippen LogP contribution in [0.2, 0.25) is 5.15 Å². The van der Waals surface area contributed by atoms with Gasteiger partial charge in [0.15, 0.2) is 0 Å². The molecule has 0 bridgehead atoms. The van der Waals surface area contributed by atoms with E-state index in [1.165, 1.54) is 5.56 Å². The Morgan fingerprint density at radius 3 is 2.88 bits per heavy atom. The van der Waals surface area contributed by atoms with Gasteiger partial charge in [-0.3, -0.25) is 0 Å². The maximum atomic E-state index is 5.71. The van der Waals surface area contributed by atoms with Gasteiger partial charge in [-0.05, 0) is 47.0 Å². The van der Waals surface area contributed by atoms with E-state index in [1.54, 1.807) is 17.5 Å². The van der Waals surface area contributed by atoms with Crippen LogP contribution < -0.4 is 5.32 Å². The van der Waals surface area contributed by atoms with Crippen LogP contribution in [-0.4, -0.2) is 11.5 Å². The molecule has 0 unspecified atom stereocenters. The van der Waals surface area contributed by atoms with E-state index in [0.717, 1.165) is 25.1 Å². The molecule has 2 rings (SSSR count). The average Bonchev–Trinajstić information content (AvgIpc) is 2.80. The molecule has 2 aromatic heterocycles. The van der Waals surface area contributed by atoms with E-state index < -0.39 is 0 Å². The van der Waals surface area contributed by atoms with Crippen LogP contribution in [-0.2, 0) is 13.0 Å². The summed E-state index contributed by atoms with van der Waals surface area (Å²) in [5.41, 5.74) is 2.56. The zero-order chi connectivity index (χ0) is 11.2. The molecule has 0 atom stereocenters. The molecule has 0 saturated heterocycles. The highest BCUT2D eigenvalue weighted by Gasteiger charge is 1.95. The summed E-state index contributed by atoms with van der Waals surface area (Å²) < 4.78 is 0. The maximum absolute atomic E-state index is 5.71. The largest absolute Gasteiger partial charge is 0.312 e. The van der Waals surface area contributed by atoms with E-state index in [9.17, 15) is 0 Å². The molecule has 0 saturated carbocycles. The summed E-state index contributed by atoms with van der Waals surface area (Å²) in [4.78, 5) is 4.03. The highest BCUT2D eigenvalue weighted by atomic mass is 35.5. The first kappa shape index (κ1) is 11.6. The number of nitrogens with zero attached hydrogens (tertiary/aromatic N) is 1. The van der Waals surface area contributed by atoms with E-state index in [4.69, 9.17) is 11.6 Å². The molecular formula is C12H13ClN2S. The Balaban J connectivity index is 1.70. The van der Waals surface area contributed by atoms with E-state index in [1.807, 2.05) is 12.1 Å². The molecular weight excluding hydrogens is 240 g/mol. The molecule has 4 heteroatoms. The highest BCUT2D eigenvalue weighted by Crippen LogP contribution is 2.06. The number of pyridine rings is 1. The van der Waals surface area contributed by atoms with Crippen molar-refractivity contribution in [1.29, 1.82) is 0 Å². The number of rotatable bonds is 5. The van der Waals surface area contributed by atoms with Gasteiger partial charge in [-0.15, -0.1) is 0 Å². The summed E-state index contributed by atoms with van der Waals surface area (Å²) in [5, 5.41) is 8.22. The van der Waals surface area contributed by atoms with Crippen molar-refractivity contribution in [1.82, 2.24) is 10.3 Å². The molecule has 0 spiro atoms. The van der Waals surface area contributed by atoms with Crippen LogP contribution in [0.5, 0.6) is 0 Å². The lowest BCUT2D eigenvalue weighted by Gasteiger charge is -2.03. The standard InChI is InChI=1S/C12H13ClN2S/c13-12-2-1-11(8-15-12)7-14-5-3-10-4-6-16-9-10/h1-2,4,6,8-9,14H,3,5,7H2. The lowest BCUT2D eigenvalue weighted by atomic mass is 10.2. The summed E-state index contributed by atoms with van der Waals surface area (Å²) in [7, 11) is 0. The Kier molecular flexibility index (Phi) is 4.34. The van der Waals surface area contributed by atoms with Crippen LogP contribution >= 0.6 is 22.9 Å². The molecule has 2 nitrogen and oxygen atoms in total. The average molecular weight is 253 g/mol. The molecule has 0 fully saturated rings. The summed E-state index contributed by atoms with van der Waals surface area (Å²) in [5.74, 6) is 0. The molecule has 0 aliphatic rings. The molecule has 2 heterocycles. The number of thiophene rings is 1. The van der Waals surface area contributed by atoms with Gasteiger partial charge in [0.1, 0.15) is 5.15 Å². The second kappa shape index (κ2) is 5.99. The molecule has 16 heavy (non-hydrogen) atoms. The molecule has 0 aliphatic heterocycles. The van der Waals surface area contributed by atoms with Gasteiger partial charge in [0.2, 0.25) is 0 Å². The summed E-state index contributed by atoms with van der Waals surface area (Å²) in [6.07, 6.45) is 2.88. The summed E-state index contributed by atoms with van der Waals surface area (Å²) in [6.45, 7) is 1.83. The third-order valence-corrected chi connectivity index (χ3v) is 3.24. The van der Waals surface area contributed by atoms with Gasteiger partial charge >= 0.3 is 0 Å². The molecule has 2 aromatic rings. The lowest BCUT2D eigenvalue weighted by Crippen LogP contribution is -2.16. The number of hydrogen-bond acceptors (Lipinski definition) is 3. The second-order valence-electron chi connectivity index (χ2n) is 3.55. The van der Waals surface area contributed by atoms with E-state index in [-0.39, 0.29) is 0 Å². The molecule has 1 N–H and O–H groups in total. The SMILES string of the molecule is Clc1ccc(CNCCc2ccsc2)cn1. The van der Waals surface area contributed by atoms with Crippen molar-refractivity contribution < 1.29 is 0 Å². The molecule has 0 aliphatic carbocycles. The third kappa shape index (κ3) is 3.59. The topological polar surface area (TPSA) is 24.9 Å². The Morgan fingerprint density at radius 1 is 1.25 bits per heavy atom. The van der Waals surface area contributed by atoms with Crippen molar-refractivity contribution in [3.05, 3.63) is 51.4 Å². The molecule has 0 aromatic carbocycles. The quantitative estimate of drug-likeness (QED) is 0.653. The predicted octanol–water partition coefficient (Wildman–Crippen LogP) is 3.13. The van der Waals surface area contributed by atoms with Crippen molar-refractivity contribution in [3.63, 3.8) is 0 Å². The Morgan fingerprint density at radius 2 is 2.19 bits per heavy atom.